The van der Waals surface area contributed by atoms with Crippen LogP contribution in [0.3, 0.4) is 0 Å². The fourth-order valence-electron chi connectivity index (χ4n) is 0.666. The number of aromatic hydroxyl groups is 2. The molecule has 1 aromatic rings. The summed E-state index contributed by atoms with van der Waals surface area (Å²) >= 11 is 0. The minimum Gasteiger partial charge on any atom is -0.574 e. The average molecular weight is 225 g/mol. The minimum absolute atomic E-state index is 0. The van der Waals surface area contributed by atoms with Crippen LogP contribution < -0.4 is 0 Å². The summed E-state index contributed by atoms with van der Waals surface area (Å²) in [5, 5.41) is 17.9. The minimum atomic E-state index is -0.187. The van der Waals surface area contributed by atoms with E-state index in [4.69, 9.17) is 10.2 Å². The van der Waals surface area contributed by atoms with Gasteiger partial charge in [-0.25, -0.2) is 6.07 Å². The summed E-state index contributed by atoms with van der Waals surface area (Å²) < 4.78 is 0. The molecule has 0 saturated heterocycles. The van der Waals surface area contributed by atoms with E-state index in [0.717, 1.165) is 0 Å². The van der Waals surface area contributed by atoms with Gasteiger partial charge in [0, 0.05) is 32.7 Å². The molecule has 0 aliphatic heterocycles. The van der Waals surface area contributed by atoms with Gasteiger partial charge in [0.2, 0.25) is 0 Å². The zero-order valence-corrected chi connectivity index (χ0v) is 8.88. The Labute approximate surface area is 91.1 Å². The van der Waals surface area contributed by atoms with Gasteiger partial charge in [-0.3, -0.25) is 25.0 Å². The smallest absolute Gasteiger partial charge is 0.0763 e. The first-order valence-electron chi connectivity index (χ1n) is 2.82. The van der Waals surface area contributed by atoms with E-state index in [9.17, 15) is 0 Å². The quantitative estimate of drug-likeness (QED) is 0.518. The van der Waals surface area contributed by atoms with Crippen molar-refractivity contribution in [3.05, 3.63) is 37.1 Å². The van der Waals surface area contributed by atoms with Gasteiger partial charge in [0.05, 0.1) is 5.75 Å². The number of benzene rings is 1. The zero-order chi connectivity index (χ0) is 7.72. The number of rotatable bonds is 0. The summed E-state index contributed by atoms with van der Waals surface area (Å²) in [7, 11) is 0. The summed E-state index contributed by atoms with van der Waals surface area (Å²) in [6.07, 6.45) is 0. The monoisotopic (exact) mass is 225 g/mol. The van der Waals surface area contributed by atoms with Crippen LogP contribution in [0.15, 0.2) is 12.1 Å². The molecule has 0 unspecified atom stereocenters. The predicted molar refractivity (Wildman–Crippen MR) is 38.7 cm³/mol. The molecule has 0 bridgehead atoms. The van der Waals surface area contributed by atoms with Crippen molar-refractivity contribution in [2.24, 2.45) is 0 Å². The second-order valence-corrected chi connectivity index (χ2v) is 2.07. The first-order valence-corrected chi connectivity index (χ1v) is 2.82. The molecule has 0 aliphatic rings. The van der Waals surface area contributed by atoms with Crippen LogP contribution in [-0.2, 0) is 32.7 Å². The second kappa shape index (κ2) is 3.89. The third kappa shape index (κ3) is 2.04. The molecule has 0 aliphatic carbocycles. The van der Waals surface area contributed by atoms with Crippen LogP contribution >= 0.6 is 0 Å². The SMILES string of the molecule is [CH2-]c1ccc(O)c(O)c1[CH2-].[Y]. The Morgan fingerprint density at radius 3 is 2.09 bits per heavy atom. The summed E-state index contributed by atoms with van der Waals surface area (Å²) in [5.41, 5.74) is 0.996. The van der Waals surface area contributed by atoms with Crippen LogP contribution in [0, 0.1) is 13.8 Å². The Morgan fingerprint density at radius 1 is 1.09 bits per heavy atom. The van der Waals surface area contributed by atoms with Crippen molar-refractivity contribution in [1.82, 2.24) is 0 Å². The van der Waals surface area contributed by atoms with Crippen LogP contribution in [-0.4, -0.2) is 10.2 Å². The number of hydrogen-bond donors (Lipinski definition) is 2. The van der Waals surface area contributed by atoms with E-state index >= 15 is 0 Å². The molecule has 0 saturated carbocycles. The molecule has 11 heavy (non-hydrogen) atoms. The molecule has 0 heterocycles. The van der Waals surface area contributed by atoms with E-state index in [1.165, 1.54) is 6.07 Å². The molecule has 1 aromatic carbocycles. The molecule has 2 nitrogen and oxygen atoms in total. The van der Waals surface area contributed by atoms with Gasteiger partial charge in [-0.2, -0.15) is 0 Å². The van der Waals surface area contributed by atoms with Crippen LogP contribution in [0.4, 0.5) is 0 Å². The molecule has 0 spiro atoms. The first kappa shape index (κ1) is 10.7. The van der Waals surface area contributed by atoms with Crippen molar-refractivity contribution in [2.75, 3.05) is 0 Å². The molecule has 57 valence electrons. The molecule has 1 rings (SSSR count). The molecule has 1 radical (unpaired) electrons. The maximum atomic E-state index is 9.03. The first-order chi connectivity index (χ1) is 4.63. The predicted octanol–water partition coefficient (Wildman–Crippen LogP) is 1.46. The number of phenolic OH excluding ortho intramolecular Hbond substituents is 2. The van der Waals surface area contributed by atoms with Crippen LogP contribution in [0.25, 0.3) is 0 Å². The van der Waals surface area contributed by atoms with Gasteiger partial charge in [-0.05, 0) is 5.75 Å². The fraction of sp³-hybridized carbons (Fsp3) is 0. The van der Waals surface area contributed by atoms with E-state index < -0.39 is 0 Å². The van der Waals surface area contributed by atoms with Crippen molar-refractivity contribution in [1.29, 1.82) is 0 Å². The standard InChI is InChI=1S/C8H8O2.Y/c1-5-3-4-7(9)8(10)6(5)2;/h3-4,9-10H,1-2H2;/q-2;. The Bertz CT molecular complexity index is 232. The van der Waals surface area contributed by atoms with E-state index in [2.05, 4.69) is 13.8 Å². The summed E-state index contributed by atoms with van der Waals surface area (Å²) in [6.45, 7) is 7.10. The van der Waals surface area contributed by atoms with Gasteiger partial charge in [-0.15, -0.1) is 0 Å². The second-order valence-electron chi connectivity index (χ2n) is 2.07. The maximum Gasteiger partial charge on any atom is 0.0763 e. The normalized spacial score (nSPS) is 8.73. The Hall–Kier alpha value is -0.336. The molecule has 0 aromatic heterocycles. The fourth-order valence-corrected chi connectivity index (χ4v) is 0.666. The van der Waals surface area contributed by atoms with E-state index in [1.54, 1.807) is 6.07 Å². The molecule has 0 fully saturated rings. The van der Waals surface area contributed by atoms with Crippen molar-refractivity contribution in [3.8, 4) is 11.5 Å². The zero-order valence-electron chi connectivity index (χ0n) is 6.04. The van der Waals surface area contributed by atoms with Crippen LogP contribution in [0.1, 0.15) is 11.1 Å². The van der Waals surface area contributed by atoms with E-state index in [0.29, 0.717) is 11.1 Å². The number of phenols is 2. The molecular weight excluding hydrogens is 217 g/mol. The Kier molecular flexibility index (Phi) is 3.77. The summed E-state index contributed by atoms with van der Waals surface area (Å²) in [4.78, 5) is 0. The van der Waals surface area contributed by atoms with Crippen molar-refractivity contribution in [3.63, 3.8) is 0 Å². The van der Waals surface area contributed by atoms with Gasteiger partial charge in [0.15, 0.2) is 0 Å². The van der Waals surface area contributed by atoms with Crippen molar-refractivity contribution >= 4 is 0 Å². The molecule has 0 amide bonds. The largest absolute Gasteiger partial charge is 0.574 e. The topological polar surface area (TPSA) is 40.5 Å². The Balaban J connectivity index is 0.000001000. The molecule has 3 heteroatoms. The van der Waals surface area contributed by atoms with Gasteiger partial charge in [0.1, 0.15) is 0 Å². The van der Waals surface area contributed by atoms with Gasteiger partial charge in [0.25, 0.3) is 0 Å². The van der Waals surface area contributed by atoms with Gasteiger partial charge >= 0.3 is 0 Å². The third-order valence-electron chi connectivity index (χ3n) is 1.36. The van der Waals surface area contributed by atoms with Crippen LogP contribution in [0.2, 0.25) is 0 Å². The third-order valence-corrected chi connectivity index (χ3v) is 1.36. The Morgan fingerprint density at radius 2 is 1.64 bits per heavy atom. The average Bonchev–Trinajstić information content (AvgIpc) is 1.93. The summed E-state index contributed by atoms with van der Waals surface area (Å²) in [5.74, 6) is -0.343. The van der Waals surface area contributed by atoms with E-state index in [1.807, 2.05) is 0 Å². The van der Waals surface area contributed by atoms with Gasteiger partial charge in [-0.1, -0.05) is 6.07 Å². The summed E-state index contributed by atoms with van der Waals surface area (Å²) in [6, 6.07) is 2.98. The maximum absolute atomic E-state index is 9.03. The van der Waals surface area contributed by atoms with Crippen LogP contribution in [0.5, 0.6) is 11.5 Å². The van der Waals surface area contributed by atoms with Crippen molar-refractivity contribution < 1.29 is 42.9 Å². The molecule has 0 atom stereocenters. The van der Waals surface area contributed by atoms with Crippen molar-refractivity contribution in [2.45, 2.75) is 0 Å². The number of hydrogen-bond acceptors (Lipinski definition) is 2. The van der Waals surface area contributed by atoms with E-state index in [-0.39, 0.29) is 44.2 Å². The molecular formula is C8H8O2Y-2. The van der Waals surface area contributed by atoms with Gasteiger partial charge < -0.3 is 10.2 Å². The molecule has 2 N–H and O–H groups in total.